The Balaban J connectivity index is 1.60. The summed E-state index contributed by atoms with van der Waals surface area (Å²) >= 11 is 0. The van der Waals surface area contributed by atoms with Crippen LogP contribution in [0, 0.1) is 0 Å². The topological polar surface area (TPSA) is 86.9 Å². The number of para-hydroxylation sites is 1. The second-order valence-corrected chi connectivity index (χ2v) is 6.04. The van der Waals surface area contributed by atoms with Crippen molar-refractivity contribution in [2.24, 2.45) is 0 Å². The molecule has 1 aromatic heterocycles. The van der Waals surface area contributed by atoms with E-state index < -0.39 is 0 Å². The molecule has 2 heterocycles. The van der Waals surface area contributed by atoms with E-state index in [1.807, 2.05) is 24.3 Å². The number of methoxy groups -OCH3 is 2. The molecule has 0 spiro atoms. The molecule has 3 rings (SSSR count). The minimum absolute atomic E-state index is 0.0430. The Labute approximate surface area is 152 Å². The van der Waals surface area contributed by atoms with Gasteiger partial charge in [-0.2, -0.15) is 4.98 Å². The van der Waals surface area contributed by atoms with E-state index >= 15 is 0 Å². The number of aromatic nitrogens is 2. The fourth-order valence-corrected chi connectivity index (χ4v) is 2.65. The quantitative estimate of drug-likeness (QED) is 0.670. The summed E-state index contributed by atoms with van der Waals surface area (Å²) < 4.78 is 21.3. The average molecular weight is 361 g/mol. The minimum atomic E-state index is -0.0430. The van der Waals surface area contributed by atoms with Crippen LogP contribution in [0.25, 0.3) is 11.5 Å². The van der Waals surface area contributed by atoms with Gasteiger partial charge in [0.05, 0.1) is 38.3 Å². The molecule has 0 saturated carbocycles. The van der Waals surface area contributed by atoms with E-state index in [9.17, 15) is 4.79 Å². The van der Waals surface area contributed by atoms with Crippen LogP contribution in [0.1, 0.15) is 12.2 Å². The number of benzene rings is 1. The number of likely N-dealkylation sites (tertiary alicyclic amines) is 1. The van der Waals surface area contributed by atoms with Gasteiger partial charge >= 0.3 is 0 Å². The lowest BCUT2D eigenvalue weighted by Gasteiger charge is -2.39. The fourth-order valence-electron chi connectivity index (χ4n) is 2.65. The summed E-state index contributed by atoms with van der Waals surface area (Å²) in [4.78, 5) is 18.1. The number of ether oxygens (including phenoxy) is 3. The molecule has 0 bridgehead atoms. The monoisotopic (exact) mass is 361 g/mol. The second-order valence-electron chi connectivity index (χ2n) is 6.04. The Hall–Kier alpha value is -2.45. The molecule has 140 valence electrons. The van der Waals surface area contributed by atoms with Gasteiger partial charge in [-0.05, 0) is 12.1 Å². The predicted octanol–water partition coefficient (Wildman–Crippen LogP) is 1.55. The summed E-state index contributed by atoms with van der Waals surface area (Å²) in [7, 11) is 3.22. The number of rotatable bonds is 9. The number of nitrogens with zero attached hydrogens (tertiary/aromatic N) is 3. The number of hydrogen-bond donors (Lipinski definition) is 0. The molecular formula is C18H23N3O5. The van der Waals surface area contributed by atoms with Crippen molar-refractivity contribution in [2.45, 2.75) is 18.9 Å². The van der Waals surface area contributed by atoms with E-state index in [1.54, 1.807) is 19.1 Å². The van der Waals surface area contributed by atoms with Crippen molar-refractivity contribution >= 4 is 5.91 Å². The lowest BCUT2D eigenvalue weighted by molar-refractivity contribution is -0.140. The summed E-state index contributed by atoms with van der Waals surface area (Å²) in [6, 6.07) is 7.52. The first-order valence-electron chi connectivity index (χ1n) is 8.55. The van der Waals surface area contributed by atoms with Gasteiger partial charge in [-0.15, -0.1) is 0 Å². The van der Waals surface area contributed by atoms with E-state index in [0.717, 1.165) is 5.56 Å². The van der Waals surface area contributed by atoms with Crippen LogP contribution in [0.4, 0.5) is 0 Å². The standard InChI is InChI=1S/C18H23N3O5/c1-23-9-7-16-19-18(26-20-16)14-5-3-4-6-15(14)25-13-11-21(12-13)17(22)8-10-24-2/h3-6,13H,7-12H2,1-2H3. The molecule has 0 radical (unpaired) electrons. The highest BCUT2D eigenvalue weighted by atomic mass is 16.5. The summed E-state index contributed by atoms with van der Waals surface area (Å²) in [5, 5.41) is 3.96. The summed E-state index contributed by atoms with van der Waals surface area (Å²) in [5.74, 6) is 1.76. The first-order valence-corrected chi connectivity index (χ1v) is 8.55. The molecule has 8 heteroatoms. The van der Waals surface area contributed by atoms with Crippen LogP contribution in [0.5, 0.6) is 5.75 Å². The zero-order chi connectivity index (χ0) is 18.4. The molecule has 0 unspecified atom stereocenters. The zero-order valence-corrected chi connectivity index (χ0v) is 15.0. The number of carbonyl (C=O) groups excluding carboxylic acids is 1. The highest BCUT2D eigenvalue weighted by Crippen LogP contribution is 2.30. The molecule has 1 fully saturated rings. The van der Waals surface area contributed by atoms with Crippen LogP contribution >= 0.6 is 0 Å². The third kappa shape index (κ3) is 4.39. The van der Waals surface area contributed by atoms with Crippen LogP contribution in [0.15, 0.2) is 28.8 Å². The molecule has 0 N–H and O–H groups in total. The van der Waals surface area contributed by atoms with Gasteiger partial charge in [-0.3, -0.25) is 4.79 Å². The van der Waals surface area contributed by atoms with Gasteiger partial charge in [-0.25, -0.2) is 0 Å². The fraction of sp³-hybridized carbons (Fsp3) is 0.500. The molecule has 1 saturated heterocycles. The van der Waals surface area contributed by atoms with Crippen LogP contribution in [-0.4, -0.2) is 67.6 Å². The Morgan fingerprint density at radius 3 is 2.77 bits per heavy atom. The highest BCUT2D eigenvalue weighted by molar-refractivity contribution is 5.77. The lowest BCUT2D eigenvalue weighted by Crippen LogP contribution is -2.56. The van der Waals surface area contributed by atoms with Gasteiger partial charge in [0.1, 0.15) is 11.9 Å². The normalized spacial score (nSPS) is 14.3. The van der Waals surface area contributed by atoms with Crippen molar-refractivity contribution in [3.63, 3.8) is 0 Å². The first kappa shape index (κ1) is 18.3. The van der Waals surface area contributed by atoms with E-state index in [-0.39, 0.29) is 12.0 Å². The summed E-state index contributed by atoms with van der Waals surface area (Å²) in [5.41, 5.74) is 0.743. The summed E-state index contributed by atoms with van der Waals surface area (Å²) in [6.45, 7) is 2.11. The van der Waals surface area contributed by atoms with Crippen molar-refractivity contribution in [2.75, 3.05) is 40.5 Å². The molecule has 0 aliphatic carbocycles. The molecule has 1 aromatic carbocycles. The molecule has 1 aliphatic rings. The van der Waals surface area contributed by atoms with Crippen molar-refractivity contribution in [1.29, 1.82) is 0 Å². The van der Waals surface area contributed by atoms with Crippen molar-refractivity contribution in [3.05, 3.63) is 30.1 Å². The van der Waals surface area contributed by atoms with E-state index in [0.29, 0.717) is 56.6 Å². The number of carbonyl (C=O) groups is 1. The Morgan fingerprint density at radius 2 is 2.00 bits per heavy atom. The molecule has 26 heavy (non-hydrogen) atoms. The maximum absolute atomic E-state index is 11.9. The van der Waals surface area contributed by atoms with E-state index in [1.165, 1.54) is 0 Å². The van der Waals surface area contributed by atoms with Crippen LogP contribution in [-0.2, 0) is 20.7 Å². The van der Waals surface area contributed by atoms with Crippen molar-refractivity contribution in [3.8, 4) is 17.2 Å². The Morgan fingerprint density at radius 1 is 1.23 bits per heavy atom. The van der Waals surface area contributed by atoms with Gasteiger partial charge in [0.25, 0.3) is 5.89 Å². The van der Waals surface area contributed by atoms with Crippen LogP contribution in [0.2, 0.25) is 0 Å². The molecule has 0 atom stereocenters. The predicted molar refractivity (Wildman–Crippen MR) is 92.8 cm³/mol. The highest BCUT2D eigenvalue weighted by Gasteiger charge is 2.32. The third-order valence-electron chi connectivity index (χ3n) is 4.13. The molecule has 1 aliphatic heterocycles. The van der Waals surface area contributed by atoms with Crippen molar-refractivity contribution in [1.82, 2.24) is 15.0 Å². The second kappa shape index (κ2) is 8.77. The maximum atomic E-state index is 11.9. The van der Waals surface area contributed by atoms with Gasteiger partial charge < -0.3 is 23.6 Å². The first-order chi connectivity index (χ1) is 12.7. The van der Waals surface area contributed by atoms with Crippen LogP contribution in [0.3, 0.4) is 0 Å². The molecule has 2 aromatic rings. The minimum Gasteiger partial charge on any atom is -0.486 e. The molecule has 8 nitrogen and oxygen atoms in total. The molecular weight excluding hydrogens is 338 g/mol. The Bertz CT molecular complexity index is 727. The van der Waals surface area contributed by atoms with Gasteiger partial charge in [0, 0.05) is 20.6 Å². The zero-order valence-electron chi connectivity index (χ0n) is 15.0. The number of hydrogen-bond acceptors (Lipinski definition) is 7. The average Bonchev–Trinajstić information content (AvgIpc) is 3.09. The van der Waals surface area contributed by atoms with Gasteiger partial charge in [0.15, 0.2) is 5.82 Å². The molecule has 1 amide bonds. The van der Waals surface area contributed by atoms with E-state index in [2.05, 4.69) is 10.1 Å². The SMILES string of the molecule is COCCC(=O)N1CC(Oc2ccccc2-c2nc(CCOC)no2)C1. The van der Waals surface area contributed by atoms with E-state index in [4.69, 9.17) is 18.7 Å². The lowest BCUT2D eigenvalue weighted by atomic mass is 10.1. The van der Waals surface area contributed by atoms with Gasteiger partial charge in [-0.1, -0.05) is 17.3 Å². The number of amides is 1. The summed E-state index contributed by atoms with van der Waals surface area (Å²) in [6.07, 6.45) is 0.939. The third-order valence-corrected chi connectivity index (χ3v) is 4.13. The van der Waals surface area contributed by atoms with Crippen molar-refractivity contribution < 1.29 is 23.5 Å². The van der Waals surface area contributed by atoms with Gasteiger partial charge in [0.2, 0.25) is 5.91 Å². The van der Waals surface area contributed by atoms with Crippen LogP contribution < -0.4 is 4.74 Å². The largest absolute Gasteiger partial charge is 0.486 e. The smallest absolute Gasteiger partial charge is 0.261 e. The maximum Gasteiger partial charge on any atom is 0.261 e. The Kier molecular flexibility index (Phi) is 6.19.